The highest BCUT2D eigenvalue weighted by Gasteiger charge is 2.12. The molecular weight excluding hydrogens is 327 g/mol. The monoisotopic (exact) mass is 336 g/mol. The van der Waals surface area contributed by atoms with Crippen molar-refractivity contribution in [3.8, 4) is 22.9 Å². The summed E-state index contributed by atoms with van der Waals surface area (Å²) in [5, 5.41) is 10.6. The summed E-state index contributed by atoms with van der Waals surface area (Å²) in [7, 11) is 1.44. The lowest BCUT2D eigenvalue weighted by atomic mass is 10.1. The Balaban J connectivity index is 2.27. The number of benzene rings is 2. The van der Waals surface area contributed by atoms with Gasteiger partial charge in [-0.2, -0.15) is 0 Å². The molecule has 22 heavy (non-hydrogen) atoms. The zero-order valence-corrected chi connectivity index (χ0v) is 12.9. The fourth-order valence-electron chi connectivity index (χ4n) is 2.13. The zero-order chi connectivity index (χ0) is 15.9. The standard InChI is InChI=1S/C15H10Cl2N2O3/c1-22-12-4-7(2-3-11(12)20)14-18-13-9(15(21)19-14)5-8(16)6-10(13)17/h2-6,20H,1H3,(H,18,19,21). The normalized spacial score (nSPS) is 10.9. The first kappa shape index (κ1) is 14.7. The molecule has 112 valence electrons. The number of hydrogen-bond acceptors (Lipinski definition) is 4. The molecule has 2 N–H and O–H groups in total. The highest BCUT2D eigenvalue weighted by molar-refractivity contribution is 6.38. The third-order valence-corrected chi connectivity index (χ3v) is 3.69. The van der Waals surface area contributed by atoms with E-state index in [1.54, 1.807) is 12.1 Å². The molecule has 0 saturated heterocycles. The van der Waals surface area contributed by atoms with Crippen LogP contribution in [0.4, 0.5) is 0 Å². The predicted octanol–water partition coefficient (Wildman–Crippen LogP) is 3.61. The molecule has 5 nitrogen and oxygen atoms in total. The molecule has 0 radical (unpaired) electrons. The Morgan fingerprint density at radius 3 is 2.73 bits per heavy atom. The number of aromatic hydroxyl groups is 1. The first-order valence-corrected chi connectivity index (χ1v) is 7.01. The molecule has 3 rings (SSSR count). The third kappa shape index (κ3) is 2.49. The van der Waals surface area contributed by atoms with Crippen LogP contribution in [0.5, 0.6) is 11.5 Å². The van der Waals surface area contributed by atoms with Crippen LogP contribution in [0.2, 0.25) is 10.0 Å². The number of methoxy groups -OCH3 is 1. The van der Waals surface area contributed by atoms with Crippen LogP contribution in [0.3, 0.4) is 0 Å². The van der Waals surface area contributed by atoms with Gasteiger partial charge in [0.25, 0.3) is 5.56 Å². The second-order valence-corrected chi connectivity index (χ2v) is 5.43. The van der Waals surface area contributed by atoms with Gasteiger partial charge in [-0.3, -0.25) is 4.79 Å². The number of H-pyrrole nitrogens is 1. The van der Waals surface area contributed by atoms with Gasteiger partial charge in [0.15, 0.2) is 11.5 Å². The van der Waals surface area contributed by atoms with Crippen LogP contribution >= 0.6 is 23.2 Å². The van der Waals surface area contributed by atoms with E-state index in [0.29, 0.717) is 32.3 Å². The van der Waals surface area contributed by atoms with Crippen LogP contribution in [0.15, 0.2) is 35.1 Å². The number of rotatable bonds is 2. The predicted molar refractivity (Wildman–Crippen MR) is 86.0 cm³/mol. The van der Waals surface area contributed by atoms with Crippen molar-refractivity contribution in [2.45, 2.75) is 0 Å². The van der Waals surface area contributed by atoms with Gasteiger partial charge in [-0.1, -0.05) is 23.2 Å². The van der Waals surface area contributed by atoms with Crippen molar-refractivity contribution in [2.24, 2.45) is 0 Å². The topological polar surface area (TPSA) is 75.2 Å². The number of phenolic OH excluding ortho intramolecular Hbond substituents is 1. The second kappa shape index (κ2) is 5.51. The quantitative estimate of drug-likeness (QED) is 0.749. The molecule has 0 amide bonds. The molecule has 0 aliphatic heterocycles. The highest BCUT2D eigenvalue weighted by atomic mass is 35.5. The smallest absolute Gasteiger partial charge is 0.259 e. The summed E-state index contributed by atoms with van der Waals surface area (Å²) in [6.45, 7) is 0. The Labute approximate surface area is 135 Å². The van der Waals surface area contributed by atoms with E-state index in [-0.39, 0.29) is 17.1 Å². The van der Waals surface area contributed by atoms with Crippen molar-refractivity contribution >= 4 is 34.1 Å². The number of fused-ring (bicyclic) bond motifs is 1. The average Bonchev–Trinajstić information content (AvgIpc) is 2.48. The Kier molecular flexibility index (Phi) is 3.68. The summed E-state index contributed by atoms with van der Waals surface area (Å²) in [6.07, 6.45) is 0. The Morgan fingerprint density at radius 1 is 1.23 bits per heavy atom. The van der Waals surface area contributed by atoms with Crippen LogP contribution in [-0.4, -0.2) is 22.2 Å². The van der Waals surface area contributed by atoms with E-state index in [2.05, 4.69) is 9.97 Å². The molecule has 1 heterocycles. The van der Waals surface area contributed by atoms with E-state index < -0.39 is 0 Å². The van der Waals surface area contributed by atoms with Gasteiger partial charge in [0.2, 0.25) is 0 Å². The summed E-state index contributed by atoms with van der Waals surface area (Å²) < 4.78 is 5.05. The van der Waals surface area contributed by atoms with Crippen molar-refractivity contribution < 1.29 is 9.84 Å². The van der Waals surface area contributed by atoms with Crippen molar-refractivity contribution in [2.75, 3.05) is 7.11 Å². The van der Waals surface area contributed by atoms with E-state index in [4.69, 9.17) is 27.9 Å². The molecule has 2 aromatic carbocycles. The molecule has 0 bridgehead atoms. The fraction of sp³-hybridized carbons (Fsp3) is 0.0667. The first-order valence-electron chi connectivity index (χ1n) is 6.26. The van der Waals surface area contributed by atoms with Gasteiger partial charge in [0.05, 0.1) is 23.0 Å². The number of nitrogens with one attached hydrogen (secondary N) is 1. The fourth-order valence-corrected chi connectivity index (χ4v) is 2.66. The second-order valence-electron chi connectivity index (χ2n) is 4.58. The molecule has 7 heteroatoms. The van der Waals surface area contributed by atoms with Crippen molar-refractivity contribution in [3.05, 3.63) is 50.7 Å². The molecule has 1 aromatic heterocycles. The number of aromatic nitrogens is 2. The van der Waals surface area contributed by atoms with E-state index >= 15 is 0 Å². The van der Waals surface area contributed by atoms with Gasteiger partial charge in [0, 0.05) is 10.6 Å². The van der Waals surface area contributed by atoms with E-state index in [1.165, 1.54) is 25.3 Å². The minimum Gasteiger partial charge on any atom is -0.504 e. The number of nitrogens with zero attached hydrogens (tertiary/aromatic N) is 1. The van der Waals surface area contributed by atoms with Crippen LogP contribution in [0, 0.1) is 0 Å². The summed E-state index contributed by atoms with van der Waals surface area (Å²) in [5.74, 6) is 0.599. The molecule has 3 aromatic rings. The maximum absolute atomic E-state index is 12.2. The molecule has 0 unspecified atom stereocenters. The molecule has 0 fully saturated rings. The lowest BCUT2D eigenvalue weighted by molar-refractivity contribution is 0.373. The first-order chi connectivity index (χ1) is 10.5. The maximum atomic E-state index is 12.2. The zero-order valence-electron chi connectivity index (χ0n) is 11.4. The third-order valence-electron chi connectivity index (χ3n) is 3.18. The molecule has 0 saturated carbocycles. The van der Waals surface area contributed by atoms with Gasteiger partial charge in [0.1, 0.15) is 5.82 Å². The summed E-state index contributed by atoms with van der Waals surface area (Å²) in [5.41, 5.74) is 0.591. The Bertz CT molecular complexity index is 938. The van der Waals surface area contributed by atoms with Gasteiger partial charge < -0.3 is 14.8 Å². The van der Waals surface area contributed by atoms with E-state index in [1.807, 2.05) is 0 Å². The van der Waals surface area contributed by atoms with Gasteiger partial charge in [-0.25, -0.2) is 4.98 Å². The Hall–Kier alpha value is -2.24. The lowest BCUT2D eigenvalue weighted by Crippen LogP contribution is -2.09. The molecular formula is C15H10Cl2N2O3. The number of aromatic amines is 1. The molecule has 0 spiro atoms. The SMILES string of the molecule is COc1cc(-c2nc3c(Cl)cc(Cl)cc3c(=O)[nH]2)ccc1O. The van der Waals surface area contributed by atoms with Gasteiger partial charge >= 0.3 is 0 Å². The minimum atomic E-state index is -0.351. The lowest BCUT2D eigenvalue weighted by Gasteiger charge is -2.08. The van der Waals surface area contributed by atoms with E-state index in [9.17, 15) is 9.90 Å². The Morgan fingerprint density at radius 2 is 2.00 bits per heavy atom. The average molecular weight is 337 g/mol. The number of halogens is 2. The van der Waals surface area contributed by atoms with Crippen LogP contribution in [-0.2, 0) is 0 Å². The molecule has 0 aliphatic carbocycles. The maximum Gasteiger partial charge on any atom is 0.259 e. The number of ether oxygens (including phenoxy) is 1. The van der Waals surface area contributed by atoms with Crippen molar-refractivity contribution in [3.63, 3.8) is 0 Å². The summed E-state index contributed by atoms with van der Waals surface area (Å²) >= 11 is 12.0. The summed E-state index contributed by atoms with van der Waals surface area (Å²) in [4.78, 5) is 19.2. The largest absolute Gasteiger partial charge is 0.504 e. The van der Waals surface area contributed by atoms with Crippen LogP contribution < -0.4 is 10.3 Å². The van der Waals surface area contributed by atoms with Crippen LogP contribution in [0.25, 0.3) is 22.3 Å². The van der Waals surface area contributed by atoms with Crippen molar-refractivity contribution in [1.29, 1.82) is 0 Å². The number of hydrogen-bond donors (Lipinski definition) is 2. The van der Waals surface area contributed by atoms with Gasteiger partial charge in [-0.05, 0) is 30.3 Å². The van der Waals surface area contributed by atoms with Crippen LogP contribution in [0.1, 0.15) is 0 Å². The molecule has 0 atom stereocenters. The number of phenols is 1. The van der Waals surface area contributed by atoms with Crippen molar-refractivity contribution in [1.82, 2.24) is 9.97 Å². The van der Waals surface area contributed by atoms with Gasteiger partial charge in [-0.15, -0.1) is 0 Å². The molecule has 0 aliphatic rings. The van der Waals surface area contributed by atoms with E-state index in [0.717, 1.165) is 0 Å². The summed E-state index contributed by atoms with van der Waals surface area (Å²) in [6, 6.07) is 7.69. The highest BCUT2D eigenvalue weighted by Crippen LogP contribution is 2.31. The minimum absolute atomic E-state index is 0.000740.